The molecule has 2 heterocycles. The van der Waals surface area contributed by atoms with E-state index in [-0.39, 0.29) is 22.9 Å². The molecule has 2 rings (SSSR count). The summed E-state index contributed by atoms with van der Waals surface area (Å²) in [6.07, 6.45) is 3.78. The zero-order valence-corrected chi connectivity index (χ0v) is 11.1. The van der Waals surface area contributed by atoms with Gasteiger partial charge in [0.2, 0.25) is 5.82 Å². The fraction of sp³-hybridized carbons (Fsp3) is 0.462. The number of Topliss-reactive ketones (excluding diaryl/α,β-unsaturated/α-hetero) is 1. The standard InChI is InChI=1S/C13H14N4O3/c1-9(18)11-4-2-3-7-16(11)13-12(17(19)20)10(8-14)5-6-15-13/h5-6,11H,2-4,7H2,1H3. The number of carbonyl (C=O) groups is 1. The van der Waals surface area contributed by atoms with Crippen LogP contribution in [-0.4, -0.2) is 28.3 Å². The van der Waals surface area contributed by atoms with E-state index in [1.54, 1.807) is 4.90 Å². The van der Waals surface area contributed by atoms with Crippen molar-refractivity contribution < 1.29 is 9.72 Å². The van der Waals surface area contributed by atoms with Gasteiger partial charge in [0, 0.05) is 12.7 Å². The molecule has 0 radical (unpaired) electrons. The predicted octanol–water partition coefficient (Wildman–Crippen LogP) is 1.81. The van der Waals surface area contributed by atoms with Crippen molar-refractivity contribution in [1.82, 2.24) is 4.98 Å². The van der Waals surface area contributed by atoms with Gasteiger partial charge in [-0.25, -0.2) is 4.98 Å². The lowest BCUT2D eigenvalue weighted by Crippen LogP contribution is -2.44. The second-order valence-corrected chi connectivity index (χ2v) is 4.72. The largest absolute Gasteiger partial charge is 0.341 e. The second kappa shape index (κ2) is 5.65. The van der Waals surface area contributed by atoms with Crippen LogP contribution in [0.5, 0.6) is 0 Å². The van der Waals surface area contributed by atoms with E-state index >= 15 is 0 Å². The minimum absolute atomic E-state index is 0.0344. The molecular weight excluding hydrogens is 260 g/mol. The Hall–Kier alpha value is -2.49. The highest BCUT2D eigenvalue weighted by Gasteiger charge is 2.33. The quantitative estimate of drug-likeness (QED) is 0.615. The minimum atomic E-state index is -0.604. The third-order valence-electron chi connectivity index (χ3n) is 3.45. The van der Waals surface area contributed by atoms with Crippen LogP contribution in [0.3, 0.4) is 0 Å². The van der Waals surface area contributed by atoms with Gasteiger partial charge in [0.25, 0.3) is 0 Å². The summed E-state index contributed by atoms with van der Waals surface area (Å²) < 4.78 is 0. The first kappa shape index (κ1) is 13.9. The second-order valence-electron chi connectivity index (χ2n) is 4.72. The molecule has 1 unspecified atom stereocenters. The van der Waals surface area contributed by atoms with Crippen molar-refractivity contribution in [2.75, 3.05) is 11.4 Å². The van der Waals surface area contributed by atoms with E-state index in [1.807, 2.05) is 6.07 Å². The van der Waals surface area contributed by atoms with Crippen LogP contribution in [0.1, 0.15) is 31.7 Å². The van der Waals surface area contributed by atoms with E-state index in [2.05, 4.69) is 4.98 Å². The number of nitrogens with zero attached hydrogens (tertiary/aromatic N) is 4. The zero-order valence-electron chi connectivity index (χ0n) is 11.1. The Labute approximate surface area is 116 Å². The molecular formula is C13H14N4O3. The molecule has 104 valence electrons. The van der Waals surface area contributed by atoms with Crippen molar-refractivity contribution in [2.24, 2.45) is 0 Å². The van der Waals surface area contributed by atoms with Crippen LogP contribution < -0.4 is 4.90 Å². The van der Waals surface area contributed by atoms with Crippen LogP contribution in [0.15, 0.2) is 12.3 Å². The van der Waals surface area contributed by atoms with Crippen molar-refractivity contribution in [3.05, 3.63) is 27.9 Å². The van der Waals surface area contributed by atoms with Crippen molar-refractivity contribution >= 4 is 17.3 Å². The Balaban J connectivity index is 2.53. The molecule has 0 aliphatic carbocycles. The third-order valence-corrected chi connectivity index (χ3v) is 3.45. The average molecular weight is 274 g/mol. The van der Waals surface area contributed by atoms with Gasteiger partial charge in [-0.2, -0.15) is 5.26 Å². The highest BCUT2D eigenvalue weighted by molar-refractivity contribution is 5.86. The van der Waals surface area contributed by atoms with Gasteiger partial charge in [-0.15, -0.1) is 0 Å². The number of ketones is 1. The van der Waals surface area contributed by atoms with Gasteiger partial charge in [0.15, 0.2) is 5.78 Å². The van der Waals surface area contributed by atoms with E-state index in [1.165, 1.54) is 19.2 Å². The van der Waals surface area contributed by atoms with Gasteiger partial charge >= 0.3 is 5.69 Å². The number of hydrogen-bond acceptors (Lipinski definition) is 6. The molecule has 1 aromatic rings. The molecule has 20 heavy (non-hydrogen) atoms. The Kier molecular flexibility index (Phi) is 3.94. The Bertz CT molecular complexity index is 594. The molecule has 0 spiro atoms. The number of carbonyl (C=O) groups excluding carboxylic acids is 1. The monoisotopic (exact) mass is 274 g/mol. The van der Waals surface area contributed by atoms with Crippen LogP contribution in [0.25, 0.3) is 0 Å². The molecule has 0 saturated carbocycles. The van der Waals surface area contributed by atoms with Gasteiger partial charge in [0.1, 0.15) is 11.6 Å². The molecule has 0 aromatic carbocycles. The fourth-order valence-electron chi connectivity index (χ4n) is 2.53. The number of hydrogen-bond donors (Lipinski definition) is 0. The number of anilines is 1. The Morgan fingerprint density at radius 3 is 2.95 bits per heavy atom. The molecule has 0 amide bonds. The lowest BCUT2D eigenvalue weighted by molar-refractivity contribution is -0.384. The molecule has 7 heteroatoms. The lowest BCUT2D eigenvalue weighted by Gasteiger charge is -2.34. The molecule has 0 bridgehead atoms. The zero-order chi connectivity index (χ0) is 14.7. The van der Waals surface area contributed by atoms with Crippen LogP contribution >= 0.6 is 0 Å². The highest BCUT2D eigenvalue weighted by Crippen LogP contribution is 2.33. The van der Waals surface area contributed by atoms with Gasteiger partial charge in [-0.3, -0.25) is 14.9 Å². The summed E-state index contributed by atoms with van der Waals surface area (Å²) in [7, 11) is 0. The molecule has 1 atom stereocenters. The number of rotatable bonds is 3. The number of piperidine rings is 1. The first-order chi connectivity index (χ1) is 9.56. The summed E-state index contributed by atoms with van der Waals surface area (Å²) in [5.74, 6) is 0.0807. The summed E-state index contributed by atoms with van der Waals surface area (Å²) in [6.45, 7) is 2.01. The number of nitro groups is 1. The molecule has 0 N–H and O–H groups in total. The maximum absolute atomic E-state index is 11.7. The fourth-order valence-corrected chi connectivity index (χ4v) is 2.53. The van der Waals surface area contributed by atoms with Gasteiger partial charge < -0.3 is 4.90 Å². The molecule has 1 aromatic heterocycles. The highest BCUT2D eigenvalue weighted by atomic mass is 16.6. The smallest absolute Gasteiger partial charge is 0.329 e. The third kappa shape index (κ3) is 2.45. The lowest BCUT2D eigenvalue weighted by atomic mass is 9.98. The van der Waals surface area contributed by atoms with Crippen LogP contribution in [0.2, 0.25) is 0 Å². The van der Waals surface area contributed by atoms with Crippen molar-refractivity contribution in [1.29, 1.82) is 5.26 Å². The minimum Gasteiger partial charge on any atom is -0.341 e. The van der Waals surface area contributed by atoms with E-state index in [0.717, 1.165) is 12.8 Å². The molecule has 1 fully saturated rings. The average Bonchev–Trinajstić information content (AvgIpc) is 2.46. The van der Waals surface area contributed by atoms with Gasteiger partial charge in [-0.05, 0) is 32.3 Å². The van der Waals surface area contributed by atoms with Crippen LogP contribution in [0.4, 0.5) is 11.5 Å². The summed E-state index contributed by atoms with van der Waals surface area (Å²) in [5.41, 5.74) is -0.351. The van der Waals surface area contributed by atoms with E-state index in [0.29, 0.717) is 13.0 Å². The first-order valence-corrected chi connectivity index (χ1v) is 6.37. The summed E-state index contributed by atoms with van der Waals surface area (Å²) in [5, 5.41) is 20.2. The van der Waals surface area contributed by atoms with Crippen LogP contribution in [-0.2, 0) is 4.79 Å². The maximum Gasteiger partial charge on any atom is 0.329 e. The van der Waals surface area contributed by atoms with E-state index in [4.69, 9.17) is 5.26 Å². The summed E-state index contributed by atoms with van der Waals surface area (Å²) in [4.78, 5) is 28.0. The Morgan fingerprint density at radius 2 is 2.35 bits per heavy atom. The first-order valence-electron chi connectivity index (χ1n) is 6.37. The number of pyridine rings is 1. The molecule has 7 nitrogen and oxygen atoms in total. The number of nitriles is 1. The predicted molar refractivity (Wildman–Crippen MR) is 71.3 cm³/mol. The topological polar surface area (TPSA) is 100 Å². The van der Waals surface area contributed by atoms with Crippen molar-refractivity contribution in [3.8, 4) is 6.07 Å². The van der Waals surface area contributed by atoms with E-state index in [9.17, 15) is 14.9 Å². The number of aromatic nitrogens is 1. The SMILES string of the molecule is CC(=O)C1CCCCN1c1nccc(C#N)c1[N+](=O)[O-]. The van der Waals surface area contributed by atoms with Gasteiger partial charge in [0.05, 0.1) is 11.0 Å². The molecule has 1 aliphatic heterocycles. The molecule has 1 aliphatic rings. The summed E-state index contributed by atoms with van der Waals surface area (Å²) in [6, 6.07) is 2.72. The summed E-state index contributed by atoms with van der Waals surface area (Å²) >= 11 is 0. The normalized spacial score (nSPS) is 18.4. The van der Waals surface area contributed by atoms with E-state index < -0.39 is 11.0 Å². The molecule has 1 saturated heterocycles. The van der Waals surface area contributed by atoms with Crippen LogP contribution in [0, 0.1) is 21.4 Å². The van der Waals surface area contributed by atoms with Crippen molar-refractivity contribution in [2.45, 2.75) is 32.2 Å². The maximum atomic E-state index is 11.7. The Morgan fingerprint density at radius 1 is 1.60 bits per heavy atom. The van der Waals surface area contributed by atoms with Gasteiger partial charge in [-0.1, -0.05) is 0 Å². The van der Waals surface area contributed by atoms with Crippen molar-refractivity contribution in [3.63, 3.8) is 0 Å².